The minimum atomic E-state index is -5.08. The molecule has 16 heteroatoms. The molecule has 0 saturated carbocycles. The Morgan fingerprint density at radius 3 is 2.71 bits per heavy atom. The summed E-state index contributed by atoms with van der Waals surface area (Å²) in [6, 6.07) is 0. The molecule has 5 atom stereocenters. The highest BCUT2D eigenvalue weighted by atomic mass is 31.2. The third-order valence-corrected chi connectivity index (χ3v) is 5.05. The quantitative estimate of drug-likeness (QED) is 0.141. The van der Waals surface area contributed by atoms with E-state index in [1.165, 1.54) is 17.2 Å². The summed E-state index contributed by atoms with van der Waals surface area (Å²) in [4.78, 5) is 41.4. The normalized spacial score (nSPS) is 26.5. The number of imidazole rings is 1. The van der Waals surface area contributed by atoms with Gasteiger partial charge in [-0.05, 0) is 0 Å². The molecule has 1 saturated heterocycles. The van der Waals surface area contributed by atoms with Gasteiger partial charge in [0.2, 0.25) is 5.85 Å². The van der Waals surface area contributed by atoms with Gasteiger partial charge in [-0.15, -0.1) is 0 Å². The average molecular weight is 420 g/mol. The molecule has 1 aliphatic heterocycles. The second-order valence-electron chi connectivity index (χ2n) is 5.88. The summed E-state index contributed by atoms with van der Waals surface area (Å²) < 4.78 is 22.9. The van der Waals surface area contributed by atoms with Crippen LogP contribution in [0.3, 0.4) is 0 Å². The summed E-state index contributed by atoms with van der Waals surface area (Å²) >= 11 is 0. The van der Waals surface area contributed by atoms with E-state index in [-0.39, 0.29) is 17.0 Å². The van der Waals surface area contributed by atoms with Crippen LogP contribution in [-0.2, 0) is 18.8 Å². The lowest BCUT2D eigenvalue weighted by Crippen LogP contribution is -2.39. The van der Waals surface area contributed by atoms with Gasteiger partial charge in [-0.3, -0.25) is 19.1 Å². The van der Waals surface area contributed by atoms with Crippen LogP contribution in [0.2, 0.25) is 0 Å². The Balaban J connectivity index is 1.78. The molecule has 28 heavy (non-hydrogen) atoms. The van der Waals surface area contributed by atoms with Gasteiger partial charge in [0.1, 0.15) is 30.2 Å². The van der Waals surface area contributed by atoms with E-state index >= 15 is 0 Å². The van der Waals surface area contributed by atoms with E-state index in [9.17, 15) is 19.6 Å². The molecular weight excluding hydrogens is 403 g/mol. The van der Waals surface area contributed by atoms with E-state index in [1.54, 1.807) is 0 Å². The van der Waals surface area contributed by atoms with Crippen LogP contribution in [0.15, 0.2) is 12.7 Å². The third kappa shape index (κ3) is 3.69. The van der Waals surface area contributed by atoms with Crippen molar-refractivity contribution in [1.29, 1.82) is 0 Å². The molecule has 8 N–H and O–H groups in total. The first-order valence-corrected chi connectivity index (χ1v) is 9.38. The number of nitrogen functional groups attached to an aromatic ring is 1. The van der Waals surface area contributed by atoms with Crippen LogP contribution in [0.25, 0.3) is 11.2 Å². The smallest absolute Gasteiger partial charge is 0.363 e. The van der Waals surface area contributed by atoms with Crippen molar-refractivity contribution in [1.82, 2.24) is 25.0 Å². The summed E-state index contributed by atoms with van der Waals surface area (Å²) in [7, 11) is -5.08. The van der Waals surface area contributed by atoms with E-state index in [0.717, 1.165) is 5.48 Å². The van der Waals surface area contributed by atoms with Gasteiger partial charge in [0.15, 0.2) is 17.7 Å². The molecule has 15 nitrogen and oxygen atoms in total. The molecule has 1 aliphatic rings. The van der Waals surface area contributed by atoms with Crippen molar-refractivity contribution in [2.75, 3.05) is 12.3 Å². The maximum atomic E-state index is 11.4. The van der Waals surface area contributed by atoms with Crippen LogP contribution in [0.5, 0.6) is 0 Å². The molecule has 0 aliphatic carbocycles. The number of nitrogens with two attached hydrogens (primary N) is 1. The van der Waals surface area contributed by atoms with Gasteiger partial charge in [-0.1, -0.05) is 0 Å². The predicted octanol–water partition coefficient (Wildman–Crippen LogP) is -2.95. The van der Waals surface area contributed by atoms with E-state index in [0.29, 0.717) is 0 Å². The van der Waals surface area contributed by atoms with Gasteiger partial charge in [-0.25, -0.2) is 20.4 Å². The molecule has 0 radical (unpaired) electrons. The minimum absolute atomic E-state index is 0.0937. The molecule has 0 aromatic carbocycles. The number of aromatic nitrogens is 4. The van der Waals surface area contributed by atoms with Gasteiger partial charge in [-0.2, -0.15) is 0 Å². The standard InChI is InChI=1S/C12H17N6O9P/c13-8-5-9(15-2-14-8)18(3-16-5)11-7(20)6(19)4(27-11)1-26-12(10(21)17-22)28(23,24)25/h2-4,6-7,11-12,19-20,22H,1H2,(H,17,21)(H2,13,14,15)(H2,23,24,25)/t4-,6+,7-,11-,12?/m1/s1. The predicted molar refractivity (Wildman–Crippen MR) is 87.4 cm³/mol. The summed E-state index contributed by atoms with van der Waals surface area (Å²) in [5.41, 5.74) is 7.23. The number of amides is 1. The van der Waals surface area contributed by atoms with Crippen molar-refractivity contribution in [2.45, 2.75) is 30.4 Å². The number of fused-ring (bicyclic) bond motifs is 1. The number of hydroxylamine groups is 1. The molecule has 1 unspecified atom stereocenters. The molecule has 2 aromatic heterocycles. The number of hydrogen-bond acceptors (Lipinski definition) is 11. The molecule has 1 fully saturated rings. The highest BCUT2D eigenvalue weighted by molar-refractivity contribution is 7.53. The van der Waals surface area contributed by atoms with Crippen LogP contribution in [0.4, 0.5) is 5.82 Å². The first kappa shape index (κ1) is 20.5. The number of ether oxygens (including phenoxy) is 2. The fraction of sp³-hybridized carbons (Fsp3) is 0.500. The maximum Gasteiger partial charge on any atom is 0.363 e. The lowest BCUT2D eigenvalue weighted by molar-refractivity contribution is -0.140. The zero-order chi connectivity index (χ0) is 20.6. The van der Waals surface area contributed by atoms with Crippen LogP contribution in [0, 0.1) is 0 Å². The van der Waals surface area contributed by atoms with E-state index in [2.05, 4.69) is 15.0 Å². The Kier molecular flexibility index (Phi) is 5.60. The number of hydrogen-bond donors (Lipinski definition) is 7. The van der Waals surface area contributed by atoms with Gasteiger partial charge in [0.25, 0.3) is 5.91 Å². The number of rotatable bonds is 6. The number of aliphatic hydroxyl groups excluding tert-OH is 2. The Morgan fingerprint density at radius 2 is 2.07 bits per heavy atom. The second-order valence-corrected chi connectivity index (χ2v) is 7.53. The number of carbonyl (C=O) groups excluding carboxylic acids is 1. The van der Waals surface area contributed by atoms with Crippen LogP contribution >= 0.6 is 7.60 Å². The number of anilines is 1. The van der Waals surface area contributed by atoms with E-state index < -0.39 is 50.5 Å². The van der Waals surface area contributed by atoms with Gasteiger partial charge in [0.05, 0.1) is 12.9 Å². The Bertz CT molecular complexity index is 918. The molecule has 3 rings (SSSR count). The summed E-state index contributed by atoms with van der Waals surface area (Å²) in [6.45, 7) is -0.679. The average Bonchev–Trinajstić information content (AvgIpc) is 3.17. The molecule has 1 amide bonds. The van der Waals surface area contributed by atoms with Gasteiger partial charge in [0, 0.05) is 0 Å². The van der Waals surface area contributed by atoms with Crippen molar-refractivity contribution in [3.8, 4) is 0 Å². The number of aliphatic hydroxyl groups is 2. The molecular formula is C12H17N6O9P. The first-order valence-electron chi connectivity index (χ1n) is 7.70. The maximum absolute atomic E-state index is 11.4. The third-order valence-electron chi connectivity index (χ3n) is 4.06. The summed E-state index contributed by atoms with van der Waals surface area (Å²) in [5, 5.41) is 29.0. The largest absolute Gasteiger partial charge is 0.387 e. The van der Waals surface area contributed by atoms with E-state index in [1.807, 2.05) is 0 Å². The topological polar surface area (TPSA) is 235 Å². The molecule has 3 heterocycles. The number of nitrogens with zero attached hydrogens (tertiary/aromatic N) is 4. The van der Waals surface area contributed by atoms with Crippen molar-refractivity contribution in [3.63, 3.8) is 0 Å². The van der Waals surface area contributed by atoms with Crippen LogP contribution in [0.1, 0.15) is 6.23 Å². The monoisotopic (exact) mass is 420 g/mol. The Hall–Kier alpha value is -2.23. The van der Waals surface area contributed by atoms with Crippen molar-refractivity contribution >= 4 is 30.5 Å². The highest BCUT2D eigenvalue weighted by Crippen LogP contribution is 2.42. The lowest BCUT2D eigenvalue weighted by atomic mass is 10.1. The number of carbonyl (C=O) groups is 1. The first-order chi connectivity index (χ1) is 13.1. The van der Waals surface area contributed by atoms with Gasteiger partial charge >= 0.3 is 7.60 Å². The van der Waals surface area contributed by atoms with Gasteiger partial charge < -0.3 is 35.2 Å². The zero-order valence-corrected chi connectivity index (χ0v) is 14.8. The fourth-order valence-electron chi connectivity index (χ4n) is 2.72. The minimum Gasteiger partial charge on any atom is -0.387 e. The highest BCUT2D eigenvalue weighted by Gasteiger charge is 2.46. The van der Waals surface area contributed by atoms with E-state index in [4.69, 9.17) is 30.2 Å². The molecule has 0 bridgehead atoms. The summed E-state index contributed by atoms with van der Waals surface area (Å²) in [5.74, 6) is -3.71. The second kappa shape index (κ2) is 7.65. The SMILES string of the molecule is Nc1ncnc2c1ncn2[C@@H]1O[C@H](COC(C(=O)NO)P(=O)(O)O)[C@H](O)[C@H]1O. The molecule has 0 spiro atoms. The van der Waals surface area contributed by atoms with Crippen LogP contribution < -0.4 is 11.2 Å². The Morgan fingerprint density at radius 1 is 1.36 bits per heavy atom. The number of nitrogens with one attached hydrogen (secondary N) is 1. The summed E-state index contributed by atoms with van der Waals surface area (Å²) in [6.07, 6.45) is -3.03. The van der Waals surface area contributed by atoms with Crippen molar-refractivity contribution < 1.29 is 44.0 Å². The lowest BCUT2D eigenvalue weighted by Gasteiger charge is -2.20. The zero-order valence-electron chi connectivity index (χ0n) is 13.9. The van der Waals surface area contributed by atoms with Crippen molar-refractivity contribution in [2.24, 2.45) is 0 Å². The Labute approximate surface area is 155 Å². The van der Waals surface area contributed by atoms with Crippen molar-refractivity contribution in [3.05, 3.63) is 12.7 Å². The molecule has 154 valence electrons. The fourth-order valence-corrected chi connectivity index (χ4v) is 3.36. The van der Waals surface area contributed by atoms with Crippen LogP contribution in [-0.4, -0.2) is 81.4 Å². The molecule has 2 aromatic rings.